The molecular formula is C30H29N5O6S. The normalized spacial score (nSPS) is 12.2. The average molecular weight is 588 g/mol. The lowest BCUT2D eigenvalue weighted by molar-refractivity contribution is -0.142. The number of hydrogen-bond donors (Lipinski definition) is 3. The zero-order valence-electron chi connectivity index (χ0n) is 23.1. The molecule has 0 spiro atoms. The van der Waals surface area contributed by atoms with Crippen LogP contribution in [0.4, 0.5) is 5.69 Å². The van der Waals surface area contributed by atoms with Crippen LogP contribution in [0.25, 0.3) is 16.6 Å². The summed E-state index contributed by atoms with van der Waals surface area (Å²) in [6.07, 6.45) is 1.97. The number of carbonyl (C=O) groups excluding carboxylic acids is 2. The molecule has 0 radical (unpaired) electrons. The first-order valence-corrected chi connectivity index (χ1v) is 14.5. The van der Waals surface area contributed by atoms with E-state index in [1.54, 1.807) is 49.1 Å². The monoisotopic (exact) mass is 587 g/mol. The Kier molecular flexibility index (Phi) is 7.72. The van der Waals surface area contributed by atoms with Crippen LogP contribution in [0.15, 0.2) is 94.7 Å². The number of rotatable bonds is 9. The van der Waals surface area contributed by atoms with Gasteiger partial charge >= 0.3 is 5.97 Å². The van der Waals surface area contributed by atoms with Crippen molar-refractivity contribution in [3.63, 3.8) is 0 Å². The number of methoxy groups -OCH3 is 1. The summed E-state index contributed by atoms with van der Waals surface area (Å²) in [7, 11) is -1.26. The molecule has 0 aliphatic rings. The molecule has 0 aliphatic heterocycles. The van der Waals surface area contributed by atoms with Gasteiger partial charge in [0.15, 0.2) is 0 Å². The fraction of sp³-hybridized carbons (Fsp3) is 0.167. The molecule has 3 aromatic carbocycles. The average Bonchev–Trinajstić information content (AvgIpc) is 3.50. The number of H-pyrrole nitrogens is 1. The predicted molar refractivity (Wildman–Crippen MR) is 158 cm³/mol. The summed E-state index contributed by atoms with van der Waals surface area (Å²) in [4.78, 5) is 41.7. The van der Waals surface area contributed by atoms with Gasteiger partial charge in [0.1, 0.15) is 11.7 Å². The number of nitrogens with zero attached hydrogens (tertiary/aromatic N) is 2. The third-order valence-corrected chi connectivity index (χ3v) is 8.47. The van der Waals surface area contributed by atoms with E-state index >= 15 is 0 Å². The first-order valence-electron chi connectivity index (χ1n) is 13.0. The van der Waals surface area contributed by atoms with Crippen LogP contribution >= 0.6 is 0 Å². The van der Waals surface area contributed by atoms with E-state index in [-0.39, 0.29) is 22.6 Å². The van der Waals surface area contributed by atoms with Crippen LogP contribution < -0.4 is 15.6 Å². The van der Waals surface area contributed by atoms with Gasteiger partial charge in [0.2, 0.25) is 0 Å². The van der Waals surface area contributed by atoms with E-state index in [9.17, 15) is 22.8 Å². The Labute approximate surface area is 241 Å². The van der Waals surface area contributed by atoms with Gasteiger partial charge in [0.25, 0.3) is 21.5 Å². The lowest BCUT2D eigenvalue weighted by atomic mass is 10.0. The Morgan fingerprint density at radius 1 is 0.976 bits per heavy atom. The van der Waals surface area contributed by atoms with Crippen molar-refractivity contribution in [3.05, 3.63) is 112 Å². The summed E-state index contributed by atoms with van der Waals surface area (Å²) < 4.78 is 36.6. The van der Waals surface area contributed by atoms with Crippen molar-refractivity contribution in [3.8, 4) is 5.69 Å². The summed E-state index contributed by atoms with van der Waals surface area (Å²) in [6, 6.07) is 20.7. The molecule has 3 N–H and O–H groups in total. The number of esters is 1. The molecule has 1 atom stereocenters. The number of amides is 1. The Balaban J connectivity index is 1.34. The van der Waals surface area contributed by atoms with Crippen molar-refractivity contribution >= 4 is 38.5 Å². The molecule has 1 amide bonds. The van der Waals surface area contributed by atoms with Crippen LogP contribution in [0.3, 0.4) is 0 Å². The summed E-state index contributed by atoms with van der Waals surface area (Å²) in [5.41, 5.74) is 2.28. The number of benzene rings is 3. The number of carbonyl (C=O) groups is 2. The molecule has 12 heteroatoms. The molecule has 216 valence electrons. The van der Waals surface area contributed by atoms with Crippen molar-refractivity contribution < 1.29 is 22.7 Å². The van der Waals surface area contributed by atoms with Crippen LogP contribution in [0, 0.1) is 6.92 Å². The molecule has 0 saturated heterocycles. The quantitative estimate of drug-likeness (QED) is 0.226. The molecule has 0 unspecified atom stereocenters. The van der Waals surface area contributed by atoms with Crippen LogP contribution in [0.2, 0.25) is 0 Å². The van der Waals surface area contributed by atoms with Crippen molar-refractivity contribution in [1.82, 2.24) is 19.7 Å². The maximum absolute atomic E-state index is 13.2. The highest BCUT2D eigenvalue weighted by atomic mass is 32.2. The smallest absolute Gasteiger partial charge is 0.328 e. The van der Waals surface area contributed by atoms with Gasteiger partial charge in [0.05, 0.1) is 23.4 Å². The first-order chi connectivity index (χ1) is 20.1. The molecule has 2 aromatic heterocycles. The number of fused-ring (bicyclic) bond motifs is 1. The third kappa shape index (κ3) is 5.44. The summed E-state index contributed by atoms with van der Waals surface area (Å²) in [5.74, 6) is -1.19. The van der Waals surface area contributed by atoms with Gasteiger partial charge in [-0.2, -0.15) is 0 Å². The number of aromatic amines is 1. The minimum atomic E-state index is -4.17. The molecule has 5 rings (SSSR count). The summed E-state index contributed by atoms with van der Waals surface area (Å²) in [6.45, 7) is 1.64. The Morgan fingerprint density at radius 2 is 1.64 bits per heavy atom. The summed E-state index contributed by atoms with van der Waals surface area (Å²) in [5, 5.41) is 3.61. The lowest BCUT2D eigenvalue weighted by Crippen LogP contribution is -2.43. The molecule has 11 nitrogen and oxygen atoms in total. The molecule has 0 bridgehead atoms. The van der Waals surface area contributed by atoms with Gasteiger partial charge in [-0.3, -0.25) is 19.0 Å². The van der Waals surface area contributed by atoms with E-state index in [0.717, 1.165) is 16.5 Å². The van der Waals surface area contributed by atoms with E-state index in [1.165, 1.54) is 36.1 Å². The maximum Gasteiger partial charge on any atom is 0.328 e. The van der Waals surface area contributed by atoms with Gasteiger partial charge in [-0.05, 0) is 55.0 Å². The summed E-state index contributed by atoms with van der Waals surface area (Å²) >= 11 is 0. The van der Waals surface area contributed by atoms with E-state index < -0.39 is 33.5 Å². The number of sulfonamides is 1. The zero-order valence-corrected chi connectivity index (χ0v) is 23.9. The maximum atomic E-state index is 13.2. The number of para-hydroxylation sites is 2. The van der Waals surface area contributed by atoms with E-state index in [2.05, 4.69) is 15.0 Å². The highest BCUT2D eigenvalue weighted by Gasteiger charge is 2.25. The number of nitrogens with one attached hydrogen (secondary N) is 3. The highest BCUT2D eigenvalue weighted by Crippen LogP contribution is 2.21. The van der Waals surface area contributed by atoms with Gasteiger partial charge in [0, 0.05) is 36.1 Å². The van der Waals surface area contributed by atoms with Gasteiger partial charge < -0.3 is 15.0 Å². The number of aromatic nitrogens is 3. The molecule has 5 aromatic rings. The third-order valence-electron chi connectivity index (χ3n) is 7.11. The number of hydrogen-bond acceptors (Lipinski definition) is 6. The van der Waals surface area contributed by atoms with Gasteiger partial charge in [-0.15, -0.1) is 0 Å². The molecule has 42 heavy (non-hydrogen) atoms. The second kappa shape index (κ2) is 11.4. The van der Waals surface area contributed by atoms with Crippen LogP contribution in [-0.2, 0) is 33.0 Å². The fourth-order valence-electron chi connectivity index (χ4n) is 4.76. The molecule has 0 saturated carbocycles. The number of anilines is 1. The number of ether oxygens (including phenoxy) is 1. The minimum absolute atomic E-state index is 0.0821. The van der Waals surface area contributed by atoms with Gasteiger partial charge in [-0.25, -0.2) is 17.9 Å². The Hall–Kier alpha value is -5.10. The van der Waals surface area contributed by atoms with Crippen LogP contribution in [0.5, 0.6) is 0 Å². The van der Waals surface area contributed by atoms with E-state index in [1.807, 2.05) is 30.3 Å². The van der Waals surface area contributed by atoms with Gasteiger partial charge in [-0.1, -0.05) is 36.4 Å². The van der Waals surface area contributed by atoms with Crippen molar-refractivity contribution in [2.75, 3.05) is 11.8 Å². The van der Waals surface area contributed by atoms with E-state index in [0.29, 0.717) is 11.4 Å². The zero-order chi connectivity index (χ0) is 30.0. The minimum Gasteiger partial charge on any atom is -0.467 e. The standard InChI is InChI=1S/C30H29N5O6S/c1-19-27(29(37)35(34(19)2)22-9-5-4-6-10-22)33-42(39,40)23-15-13-20(14-16-23)28(36)32-26(30(38)41-3)17-21-18-31-25-12-8-7-11-24(21)25/h4-16,18,26,31,33H,17H2,1-3H3,(H,32,36)/t26-/m1/s1. The predicted octanol–water partition coefficient (Wildman–Crippen LogP) is 3.28. The Morgan fingerprint density at radius 3 is 2.33 bits per heavy atom. The SMILES string of the molecule is COC(=O)[C@@H](Cc1c[nH]c2ccccc12)NC(=O)c1ccc(S(=O)(=O)Nc2c(C)n(C)n(-c3ccccc3)c2=O)cc1. The largest absolute Gasteiger partial charge is 0.467 e. The van der Waals surface area contributed by atoms with Crippen molar-refractivity contribution in [2.24, 2.45) is 7.05 Å². The lowest BCUT2D eigenvalue weighted by Gasteiger charge is -2.16. The van der Waals surface area contributed by atoms with Crippen molar-refractivity contribution in [2.45, 2.75) is 24.3 Å². The highest BCUT2D eigenvalue weighted by molar-refractivity contribution is 7.92. The second-order valence-electron chi connectivity index (χ2n) is 9.68. The molecular weight excluding hydrogens is 558 g/mol. The van der Waals surface area contributed by atoms with Crippen molar-refractivity contribution in [1.29, 1.82) is 0 Å². The first kappa shape index (κ1) is 28.4. The second-order valence-corrected chi connectivity index (χ2v) is 11.4. The van der Waals surface area contributed by atoms with Crippen LogP contribution in [-0.4, -0.2) is 47.8 Å². The molecule has 2 heterocycles. The van der Waals surface area contributed by atoms with E-state index in [4.69, 9.17) is 4.74 Å². The topological polar surface area (TPSA) is 144 Å². The fourth-order valence-corrected chi connectivity index (χ4v) is 5.88. The van der Waals surface area contributed by atoms with Crippen LogP contribution in [0.1, 0.15) is 21.6 Å². The molecule has 0 fully saturated rings. The Bertz CT molecular complexity index is 1940. The molecule has 0 aliphatic carbocycles.